The van der Waals surface area contributed by atoms with Crippen molar-refractivity contribution in [3.8, 4) is 22.8 Å². The van der Waals surface area contributed by atoms with E-state index in [2.05, 4.69) is 48.5 Å². The lowest BCUT2D eigenvalue weighted by atomic mass is 10.1. The maximum atomic E-state index is 12.7. The van der Waals surface area contributed by atoms with Gasteiger partial charge in [-0.3, -0.25) is 10.1 Å². The Morgan fingerprint density at radius 3 is 2.19 bits per heavy atom. The molecule has 180 valence electrons. The summed E-state index contributed by atoms with van der Waals surface area (Å²) in [5, 5.41) is 5.85. The van der Waals surface area contributed by atoms with E-state index in [4.69, 9.17) is 21.1 Å². The van der Waals surface area contributed by atoms with Crippen LogP contribution in [0.25, 0.3) is 33.9 Å². The van der Waals surface area contributed by atoms with Gasteiger partial charge in [0.1, 0.15) is 11.3 Å². The lowest BCUT2D eigenvalue weighted by Crippen LogP contribution is -2.33. The van der Waals surface area contributed by atoms with Crippen LogP contribution in [-0.4, -0.2) is 16.0 Å². The summed E-state index contributed by atoms with van der Waals surface area (Å²) in [5.41, 5.74) is 8.62. The van der Waals surface area contributed by atoms with Crippen LogP contribution < -0.4 is 10.6 Å². The highest BCUT2D eigenvalue weighted by atomic mass is 32.1. The summed E-state index contributed by atoms with van der Waals surface area (Å²) in [6, 6.07) is 21.0. The van der Waals surface area contributed by atoms with Crippen molar-refractivity contribution in [2.75, 3.05) is 5.32 Å². The van der Waals surface area contributed by atoms with Crippen LogP contribution in [0.2, 0.25) is 0 Å². The van der Waals surface area contributed by atoms with Gasteiger partial charge < -0.3 is 14.2 Å². The van der Waals surface area contributed by atoms with Crippen LogP contribution in [0, 0.1) is 27.7 Å². The Kier molecular flexibility index (Phi) is 6.16. The molecule has 0 radical (unpaired) electrons. The lowest BCUT2D eigenvalue weighted by molar-refractivity contribution is 0.0951. The molecule has 0 saturated heterocycles. The van der Waals surface area contributed by atoms with Gasteiger partial charge in [0.05, 0.1) is 0 Å². The number of nitrogens with one attached hydrogen (secondary N) is 2. The normalized spacial score (nSPS) is 11.0. The summed E-state index contributed by atoms with van der Waals surface area (Å²) in [6.07, 6.45) is 0. The average Bonchev–Trinajstić information content (AvgIpc) is 3.50. The lowest BCUT2D eigenvalue weighted by Gasteiger charge is -2.08. The number of hydrogen-bond acceptors (Lipinski definition) is 5. The van der Waals surface area contributed by atoms with Crippen LogP contribution in [-0.2, 0) is 0 Å². The molecule has 2 heterocycles. The Hall–Kier alpha value is -4.23. The van der Waals surface area contributed by atoms with Gasteiger partial charge in [-0.1, -0.05) is 18.2 Å². The summed E-state index contributed by atoms with van der Waals surface area (Å²) in [6.45, 7) is 8.23. The van der Waals surface area contributed by atoms with E-state index in [1.54, 1.807) is 12.1 Å². The van der Waals surface area contributed by atoms with Crippen LogP contribution in [0.15, 0.2) is 75.6 Å². The highest BCUT2D eigenvalue weighted by molar-refractivity contribution is 7.80. The molecule has 1 amide bonds. The number of oxazole rings is 1. The molecule has 7 heteroatoms. The Bertz CT molecular complexity index is 1630. The van der Waals surface area contributed by atoms with E-state index in [-0.39, 0.29) is 10.9 Å². The van der Waals surface area contributed by atoms with Crippen LogP contribution in [0.3, 0.4) is 0 Å². The maximum Gasteiger partial charge on any atom is 0.293 e. The SMILES string of the molecule is Cc1ccc(-c2ccc(C(=O)NC(=S)Nc3ccc4oc(-c5ccc(C)c(C)c5)nc4c3)o2)cc1C. The van der Waals surface area contributed by atoms with Crippen molar-refractivity contribution in [1.29, 1.82) is 0 Å². The molecule has 0 aliphatic carbocycles. The first-order valence-electron chi connectivity index (χ1n) is 11.5. The molecule has 0 aliphatic rings. The Balaban J connectivity index is 1.27. The fourth-order valence-corrected chi connectivity index (χ4v) is 4.05. The molecular formula is C29H25N3O3S. The smallest absolute Gasteiger partial charge is 0.293 e. The van der Waals surface area contributed by atoms with E-state index >= 15 is 0 Å². The summed E-state index contributed by atoms with van der Waals surface area (Å²) in [7, 11) is 0. The van der Waals surface area contributed by atoms with Crippen molar-refractivity contribution >= 4 is 40.0 Å². The molecule has 6 nitrogen and oxygen atoms in total. The van der Waals surface area contributed by atoms with E-state index in [1.807, 2.05) is 49.4 Å². The number of carbonyl (C=O) groups is 1. The van der Waals surface area contributed by atoms with Crippen molar-refractivity contribution in [3.63, 3.8) is 0 Å². The zero-order valence-electron chi connectivity index (χ0n) is 20.4. The van der Waals surface area contributed by atoms with Gasteiger partial charge in [-0.2, -0.15) is 0 Å². The van der Waals surface area contributed by atoms with Crippen LogP contribution in [0.1, 0.15) is 32.8 Å². The summed E-state index contributed by atoms with van der Waals surface area (Å²) >= 11 is 5.35. The highest BCUT2D eigenvalue weighted by Gasteiger charge is 2.15. The van der Waals surface area contributed by atoms with Gasteiger partial charge in [0.25, 0.3) is 5.91 Å². The molecular weight excluding hydrogens is 470 g/mol. The number of fused-ring (bicyclic) bond motifs is 1. The van der Waals surface area contributed by atoms with Gasteiger partial charge >= 0.3 is 0 Å². The van der Waals surface area contributed by atoms with E-state index in [1.165, 1.54) is 16.7 Å². The molecule has 5 rings (SSSR count). The first-order chi connectivity index (χ1) is 17.3. The minimum atomic E-state index is -0.429. The minimum Gasteiger partial charge on any atom is -0.451 e. The molecule has 0 spiro atoms. The molecule has 0 aliphatic heterocycles. The summed E-state index contributed by atoms with van der Waals surface area (Å²) in [5.74, 6) is 0.927. The van der Waals surface area contributed by atoms with Gasteiger partial charge in [-0.25, -0.2) is 4.98 Å². The Labute approximate surface area is 214 Å². The van der Waals surface area contributed by atoms with E-state index in [9.17, 15) is 4.79 Å². The van der Waals surface area contributed by atoms with Crippen LogP contribution in [0.5, 0.6) is 0 Å². The van der Waals surface area contributed by atoms with Gasteiger partial charge in [0, 0.05) is 16.8 Å². The molecule has 5 aromatic rings. The minimum absolute atomic E-state index is 0.154. The number of aryl methyl sites for hydroxylation is 4. The second-order valence-corrected chi connectivity index (χ2v) is 9.28. The fraction of sp³-hybridized carbons (Fsp3) is 0.138. The fourth-order valence-electron chi connectivity index (χ4n) is 3.84. The van der Waals surface area contributed by atoms with E-state index in [0.717, 1.165) is 16.7 Å². The number of rotatable bonds is 4. The molecule has 0 bridgehead atoms. The maximum absolute atomic E-state index is 12.7. The molecule has 2 aromatic heterocycles. The first kappa shape index (κ1) is 23.5. The standard InChI is InChI=1S/C29H25N3O3S/c1-16-5-7-20(13-18(16)3)24-11-12-26(34-24)27(33)32-29(36)30-22-9-10-25-23(15-22)31-28(35-25)21-8-6-17(2)19(4)14-21/h5-15H,1-4H3,(H2,30,32,33,36). The molecule has 0 saturated carbocycles. The predicted octanol–water partition coefficient (Wildman–Crippen LogP) is 7.12. The molecule has 36 heavy (non-hydrogen) atoms. The molecule has 0 atom stereocenters. The van der Waals surface area contributed by atoms with Gasteiger partial charge in [-0.05, 0) is 111 Å². The molecule has 0 fully saturated rings. The number of anilines is 1. The third kappa shape index (κ3) is 4.78. The second kappa shape index (κ2) is 9.43. The Morgan fingerprint density at radius 1 is 0.778 bits per heavy atom. The molecule has 2 N–H and O–H groups in total. The third-order valence-corrected chi connectivity index (χ3v) is 6.45. The number of amides is 1. The van der Waals surface area contributed by atoms with Crippen molar-refractivity contribution < 1.29 is 13.6 Å². The van der Waals surface area contributed by atoms with Gasteiger partial charge in [-0.15, -0.1) is 0 Å². The second-order valence-electron chi connectivity index (χ2n) is 8.87. The van der Waals surface area contributed by atoms with Crippen molar-refractivity contribution in [2.45, 2.75) is 27.7 Å². The Morgan fingerprint density at radius 2 is 1.47 bits per heavy atom. The topological polar surface area (TPSA) is 80.3 Å². The molecule has 0 unspecified atom stereocenters. The number of thiocarbonyl (C=S) groups is 1. The largest absolute Gasteiger partial charge is 0.451 e. The summed E-state index contributed by atoms with van der Waals surface area (Å²) < 4.78 is 11.7. The first-order valence-corrected chi connectivity index (χ1v) is 12.0. The highest BCUT2D eigenvalue weighted by Crippen LogP contribution is 2.28. The number of aromatic nitrogens is 1. The number of carbonyl (C=O) groups excluding carboxylic acids is 1. The quantitative estimate of drug-likeness (QED) is 0.259. The number of hydrogen-bond donors (Lipinski definition) is 2. The van der Waals surface area contributed by atoms with E-state index < -0.39 is 5.91 Å². The number of benzene rings is 3. The zero-order valence-corrected chi connectivity index (χ0v) is 21.2. The van der Waals surface area contributed by atoms with Crippen molar-refractivity contribution in [1.82, 2.24) is 10.3 Å². The van der Waals surface area contributed by atoms with Gasteiger partial charge in [0.15, 0.2) is 16.5 Å². The predicted molar refractivity (Wildman–Crippen MR) is 146 cm³/mol. The van der Waals surface area contributed by atoms with Crippen LogP contribution in [0.4, 0.5) is 5.69 Å². The summed E-state index contributed by atoms with van der Waals surface area (Å²) in [4.78, 5) is 17.3. The average molecular weight is 496 g/mol. The van der Waals surface area contributed by atoms with Crippen LogP contribution >= 0.6 is 12.2 Å². The number of nitrogens with zero attached hydrogens (tertiary/aromatic N) is 1. The zero-order chi connectivity index (χ0) is 25.4. The van der Waals surface area contributed by atoms with Gasteiger partial charge in [0.2, 0.25) is 5.89 Å². The third-order valence-electron chi connectivity index (χ3n) is 6.25. The molecule has 3 aromatic carbocycles. The van der Waals surface area contributed by atoms with Crippen molar-refractivity contribution in [2.24, 2.45) is 0 Å². The number of furan rings is 1. The van der Waals surface area contributed by atoms with Crippen molar-refractivity contribution in [3.05, 3.63) is 94.7 Å². The monoisotopic (exact) mass is 495 g/mol. The van der Waals surface area contributed by atoms with E-state index in [0.29, 0.717) is 28.4 Å².